The van der Waals surface area contributed by atoms with Crippen LogP contribution in [0.2, 0.25) is 0 Å². The predicted octanol–water partition coefficient (Wildman–Crippen LogP) is 4.82. The number of carbonyl (C=O) groups is 2. The molecule has 1 aromatic rings. The summed E-state index contributed by atoms with van der Waals surface area (Å²) in [6.45, 7) is 7.41. The van der Waals surface area contributed by atoms with Crippen molar-refractivity contribution >= 4 is 11.9 Å². The zero-order chi connectivity index (χ0) is 20.9. The molecule has 4 nitrogen and oxygen atoms in total. The van der Waals surface area contributed by atoms with Gasteiger partial charge in [0.1, 0.15) is 0 Å². The highest BCUT2D eigenvalue weighted by molar-refractivity contribution is 5.96. The van der Waals surface area contributed by atoms with Crippen molar-refractivity contribution in [3.63, 3.8) is 0 Å². The molecule has 0 saturated carbocycles. The average Bonchev–Trinajstić information content (AvgIpc) is 2.64. The van der Waals surface area contributed by atoms with E-state index in [2.05, 4.69) is 6.58 Å². The second-order valence-electron chi connectivity index (χ2n) is 6.47. The fraction of sp³-hybridized carbons (Fsp3) is 0.429. The van der Waals surface area contributed by atoms with E-state index in [0.717, 1.165) is 6.07 Å². The molecule has 1 unspecified atom stereocenters. The van der Waals surface area contributed by atoms with E-state index in [1.165, 1.54) is 29.2 Å². The fourth-order valence-corrected chi connectivity index (χ4v) is 3.52. The van der Waals surface area contributed by atoms with E-state index in [1.54, 1.807) is 6.92 Å². The zero-order valence-corrected chi connectivity index (χ0v) is 16.0. The van der Waals surface area contributed by atoms with Crippen molar-refractivity contribution in [2.75, 3.05) is 13.2 Å². The van der Waals surface area contributed by atoms with Crippen molar-refractivity contribution in [3.8, 4) is 0 Å². The lowest BCUT2D eigenvalue weighted by molar-refractivity contribution is -0.142. The number of hydrogen-bond acceptors (Lipinski definition) is 3. The van der Waals surface area contributed by atoms with E-state index < -0.39 is 23.6 Å². The number of allylic oxidation sites excluding steroid dienone is 1. The van der Waals surface area contributed by atoms with Crippen molar-refractivity contribution in [1.82, 2.24) is 4.90 Å². The van der Waals surface area contributed by atoms with Gasteiger partial charge >= 0.3 is 12.1 Å². The molecule has 1 aliphatic heterocycles. The molecule has 2 rings (SSSR count). The molecule has 0 aromatic heterocycles. The number of amides is 1. The Morgan fingerprint density at radius 2 is 2.00 bits per heavy atom. The monoisotopic (exact) mass is 395 g/mol. The molecule has 0 spiro atoms. The molecule has 1 amide bonds. The highest BCUT2D eigenvalue weighted by Gasteiger charge is 2.42. The number of ether oxygens (including phenoxy) is 1. The van der Waals surface area contributed by atoms with Gasteiger partial charge in [-0.15, -0.1) is 6.58 Å². The third-order valence-electron chi connectivity index (χ3n) is 4.60. The van der Waals surface area contributed by atoms with E-state index in [9.17, 15) is 22.8 Å². The molecule has 1 aliphatic rings. The van der Waals surface area contributed by atoms with Gasteiger partial charge in [0, 0.05) is 24.6 Å². The van der Waals surface area contributed by atoms with Gasteiger partial charge in [0.05, 0.1) is 17.7 Å². The third-order valence-corrected chi connectivity index (χ3v) is 4.60. The quantitative estimate of drug-likeness (QED) is 0.491. The summed E-state index contributed by atoms with van der Waals surface area (Å²) in [4.78, 5) is 26.9. The second kappa shape index (κ2) is 9.08. The first kappa shape index (κ1) is 21.7. The highest BCUT2D eigenvalue weighted by Crippen LogP contribution is 2.43. The lowest BCUT2D eigenvalue weighted by Crippen LogP contribution is -2.39. The minimum Gasteiger partial charge on any atom is -0.463 e. The zero-order valence-electron chi connectivity index (χ0n) is 16.0. The van der Waals surface area contributed by atoms with Gasteiger partial charge in [0.25, 0.3) is 0 Å². The van der Waals surface area contributed by atoms with Crippen molar-refractivity contribution < 1.29 is 27.5 Å². The number of rotatable bonds is 7. The molecular formula is C21H24F3NO3. The van der Waals surface area contributed by atoms with Crippen LogP contribution in [-0.4, -0.2) is 29.9 Å². The Bertz CT molecular complexity index is 783. The van der Waals surface area contributed by atoms with E-state index in [1.807, 2.05) is 6.92 Å². The van der Waals surface area contributed by atoms with Crippen LogP contribution in [0.5, 0.6) is 0 Å². The Labute approximate surface area is 162 Å². The number of esters is 1. The van der Waals surface area contributed by atoms with Gasteiger partial charge in [-0.3, -0.25) is 4.79 Å². The fourth-order valence-electron chi connectivity index (χ4n) is 3.52. The summed E-state index contributed by atoms with van der Waals surface area (Å²) in [5.74, 6) is -2.03. The first-order valence-electron chi connectivity index (χ1n) is 9.23. The summed E-state index contributed by atoms with van der Waals surface area (Å²) in [7, 11) is 0. The first-order chi connectivity index (χ1) is 13.3. The molecule has 0 saturated heterocycles. The number of halogens is 3. The number of nitrogens with zero attached hydrogens (tertiary/aromatic N) is 1. The summed E-state index contributed by atoms with van der Waals surface area (Å²) in [6.07, 6.45) is -2.31. The summed E-state index contributed by atoms with van der Waals surface area (Å²) >= 11 is 0. The van der Waals surface area contributed by atoms with Crippen molar-refractivity contribution in [2.45, 2.75) is 45.2 Å². The topological polar surface area (TPSA) is 46.6 Å². The van der Waals surface area contributed by atoms with Crippen LogP contribution in [0.4, 0.5) is 13.2 Å². The maximum Gasteiger partial charge on any atom is 0.416 e. The largest absolute Gasteiger partial charge is 0.463 e. The molecular weight excluding hydrogens is 371 g/mol. The Morgan fingerprint density at radius 3 is 2.57 bits per heavy atom. The Morgan fingerprint density at radius 1 is 1.32 bits per heavy atom. The average molecular weight is 395 g/mol. The number of carbonyl (C=O) groups excluding carboxylic acids is 2. The van der Waals surface area contributed by atoms with E-state index in [4.69, 9.17) is 4.74 Å². The van der Waals surface area contributed by atoms with Gasteiger partial charge in [-0.1, -0.05) is 37.6 Å². The number of benzene rings is 1. The van der Waals surface area contributed by atoms with E-state index >= 15 is 0 Å². The summed E-state index contributed by atoms with van der Waals surface area (Å²) < 4.78 is 45.9. The lowest BCUT2D eigenvalue weighted by Gasteiger charge is -2.36. The van der Waals surface area contributed by atoms with Gasteiger partial charge in [0.15, 0.2) is 0 Å². The second-order valence-corrected chi connectivity index (χ2v) is 6.47. The van der Waals surface area contributed by atoms with E-state index in [-0.39, 0.29) is 36.6 Å². The summed E-state index contributed by atoms with van der Waals surface area (Å²) in [5.41, 5.74) is -0.387. The van der Waals surface area contributed by atoms with Crippen LogP contribution in [0.1, 0.15) is 50.2 Å². The van der Waals surface area contributed by atoms with Crippen molar-refractivity contribution in [2.24, 2.45) is 0 Å². The molecule has 1 aromatic carbocycles. The third kappa shape index (κ3) is 4.46. The normalized spacial score (nSPS) is 17.7. The summed E-state index contributed by atoms with van der Waals surface area (Å²) in [5, 5.41) is 0. The molecule has 152 valence electrons. The molecule has 28 heavy (non-hydrogen) atoms. The highest BCUT2D eigenvalue weighted by atomic mass is 19.4. The van der Waals surface area contributed by atoms with Crippen LogP contribution in [0, 0.1) is 0 Å². The molecule has 1 heterocycles. The lowest BCUT2D eigenvalue weighted by atomic mass is 9.80. The molecule has 7 heteroatoms. The molecule has 1 atom stereocenters. The van der Waals surface area contributed by atoms with Gasteiger partial charge < -0.3 is 9.64 Å². The molecule has 0 aliphatic carbocycles. The van der Waals surface area contributed by atoms with Crippen LogP contribution in [0.3, 0.4) is 0 Å². The Balaban J connectivity index is 2.73. The molecule has 0 bridgehead atoms. The molecule has 0 fully saturated rings. The Hall–Kier alpha value is -2.57. The SMILES string of the molecule is C=CCN1C(=O)CC(c2ccccc2C(F)(F)F)C(C(=O)OCC)=C1CCC. The van der Waals surface area contributed by atoms with Crippen LogP contribution in [-0.2, 0) is 20.5 Å². The van der Waals surface area contributed by atoms with Crippen molar-refractivity contribution in [3.05, 3.63) is 59.3 Å². The predicted molar refractivity (Wildman–Crippen MR) is 99.3 cm³/mol. The Kier molecular flexibility index (Phi) is 7.05. The smallest absolute Gasteiger partial charge is 0.416 e. The van der Waals surface area contributed by atoms with E-state index in [0.29, 0.717) is 18.5 Å². The van der Waals surface area contributed by atoms with Crippen LogP contribution in [0.15, 0.2) is 48.2 Å². The minimum absolute atomic E-state index is 0.0849. The maximum atomic E-state index is 13.6. The first-order valence-corrected chi connectivity index (χ1v) is 9.23. The molecule has 0 radical (unpaired) electrons. The standard InChI is InChI=1S/C21H24F3NO3/c1-4-9-17-19(20(27)28-6-3)15(13-18(26)25(17)12-5-2)14-10-7-8-11-16(14)21(22,23)24/h5,7-8,10-11,15H,2,4,6,9,12-13H2,1,3H3. The van der Waals surface area contributed by atoms with Crippen LogP contribution in [0.25, 0.3) is 0 Å². The van der Waals surface area contributed by atoms with Gasteiger partial charge in [0.2, 0.25) is 5.91 Å². The van der Waals surface area contributed by atoms with Gasteiger partial charge in [-0.25, -0.2) is 4.79 Å². The summed E-state index contributed by atoms with van der Waals surface area (Å²) in [6, 6.07) is 5.07. The van der Waals surface area contributed by atoms with Crippen LogP contribution < -0.4 is 0 Å². The number of hydrogen-bond donors (Lipinski definition) is 0. The maximum absolute atomic E-state index is 13.6. The van der Waals surface area contributed by atoms with Crippen molar-refractivity contribution in [1.29, 1.82) is 0 Å². The molecule has 0 N–H and O–H groups in total. The van der Waals surface area contributed by atoms with Gasteiger partial charge in [-0.05, 0) is 25.0 Å². The number of alkyl halides is 3. The van der Waals surface area contributed by atoms with Crippen LogP contribution >= 0.6 is 0 Å². The van der Waals surface area contributed by atoms with Gasteiger partial charge in [-0.2, -0.15) is 13.2 Å². The minimum atomic E-state index is -4.59.